The fourth-order valence-electron chi connectivity index (χ4n) is 1.86. The van der Waals surface area contributed by atoms with E-state index in [-0.39, 0.29) is 12.3 Å². The lowest BCUT2D eigenvalue weighted by molar-refractivity contribution is 0.100. The van der Waals surface area contributed by atoms with Gasteiger partial charge in [-0.2, -0.15) is 0 Å². The quantitative estimate of drug-likeness (QED) is 0.797. The van der Waals surface area contributed by atoms with E-state index >= 15 is 0 Å². The Bertz CT molecular complexity index is 342. The Morgan fingerprint density at radius 3 is 2.73 bits per heavy atom. The summed E-state index contributed by atoms with van der Waals surface area (Å²) < 4.78 is 0. The van der Waals surface area contributed by atoms with Crippen LogP contribution in [0.3, 0.4) is 0 Å². The fraction of sp³-hybridized carbons (Fsp3) is 0.545. The second-order valence-electron chi connectivity index (χ2n) is 3.81. The van der Waals surface area contributed by atoms with Crippen molar-refractivity contribution < 1.29 is 4.79 Å². The highest BCUT2D eigenvalue weighted by Crippen LogP contribution is 2.28. The van der Waals surface area contributed by atoms with Gasteiger partial charge in [0, 0.05) is 13.1 Å². The van der Waals surface area contributed by atoms with Crippen LogP contribution in [0.1, 0.15) is 28.9 Å². The fourth-order valence-corrected chi connectivity index (χ4v) is 2.87. The molecule has 0 radical (unpaired) electrons. The van der Waals surface area contributed by atoms with Gasteiger partial charge in [-0.15, -0.1) is 11.3 Å². The summed E-state index contributed by atoms with van der Waals surface area (Å²) in [4.78, 5) is 14.5. The molecule has 1 aliphatic heterocycles. The van der Waals surface area contributed by atoms with Crippen LogP contribution in [0.25, 0.3) is 0 Å². The number of hydrogen-bond donors (Lipinski definition) is 1. The number of hydrogen-bond acceptors (Lipinski definition) is 4. The third-order valence-electron chi connectivity index (χ3n) is 2.72. The molecule has 1 aromatic rings. The van der Waals surface area contributed by atoms with E-state index in [1.54, 1.807) is 11.3 Å². The van der Waals surface area contributed by atoms with Crippen LogP contribution in [-0.2, 0) is 0 Å². The molecule has 0 aliphatic carbocycles. The highest BCUT2D eigenvalue weighted by atomic mass is 32.1. The van der Waals surface area contributed by atoms with E-state index in [9.17, 15) is 4.79 Å². The highest BCUT2D eigenvalue weighted by Gasteiger charge is 2.14. The first kappa shape index (κ1) is 10.6. The number of nitrogens with zero attached hydrogens (tertiary/aromatic N) is 1. The molecule has 2 heterocycles. The van der Waals surface area contributed by atoms with Crippen molar-refractivity contribution in [1.82, 2.24) is 0 Å². The molecule has 82 valence electrons. The molecule has 0 aromatic carbocycles. The van der Waals surface area contributed by atoms with Crippen LogP contribution in [0.5, 0.6) is 0 Å². The normalized spacial score (nSPS) is 16.7. The molecule has 2 N–H and O–H groups in total. The number of rotatable bonds is 3. The van der Waals surface area contributed by atoms with Crippen LogP contribution in [-0.4, -0.2) is 25.4 Å². The number of carbonyl (C=O) groups is 1. The van der Waals surface area contributed by atoms with Gasteiger partial charge in [0.15, 0.2) is 5.78 Å². The molecule has 2 rings (SSSR count). The number of anilines is 1. The van der Waals surface area contributed by atoms with Gasteiger partial charge in [-0.05, 0) is 31.4 Å². The van der Waals surface area contributed by atoms with Crippen LogP contribution in [0.2, 0.25) is 0 Å². The zero-order valence-corrected chi connectivity index (χ0v) is 9.55. The highest BCUT2D eigenvalue weighted by molar-refractivity contribution is 7.18. The number of carbonyl (C=O) groups excluding carboxylic acids is 1. The zero-order chi connectivity index (χ0) is 10.7. The molecular formula is C11H16N2OS. The summed E-state index contributed by atoms with van der Waals surface area (Å²) in [6, 6.07) is 3.93. The average molecular weight is 224 g/mol. The Labute approximate surface area is 93.9 Å². The molecule has 3 nitrogen and oxygen atoms in total. The first-order valence-corrected chi connectivity index (χ1v) is 6.21. The van der Waals surface area contributed by atoms with Crippen LogP contribution >= 0.6 is 11.3 Å². The number of thiophene rings is 1. The van der Waals surface area contributed by atoms with Gasteiger partial charge in [0.2, 0.25) is 0 Å². The van der Waals surface area contributed by atoms with E-state index in [2.05, 4.69) is 4.90 Å². The zero-order valence-electron chi connectivity index (χ0n) is 8.74. The number of nitrogens with two attached hydrogens (primary N) is 1. The number of piperidine rings is 1. The van der Waals surface area contributed by atoms with Gasteiger partial charge < -0.3 is 10.6 Å². The molecular weight excluding hydrogens is 208 g/mol. The van der Waals surface area contributed by atoms with Crippen molar-refractivity contribution in [3.63, 3.8) is 0 Å². The predicted molar refractivity (Wildman–Crippen MR) is 63.8 cm³/mol. The van der Waals surface area contributed by atoms with Crippen molar-refractivity contribution in [2.45, 2.75) is 19.3 Å². The lowest BCUT2D eigenvalue weighted by Gasteiger charge is -2.27. The lowest BCUT2D eigenvalue weighted by atomic mass is 10.1. The molecule has 0 unspecified atom stereocenters. The maximum absolute atomic E-state index is 11.4. The monoisotopic (exact) mass is 224 g/mol. The Kier molecular flexibility index (Phi) is 3.38. The van der Waals surface area contributed by atoms with Crippen molar-refractivity contribution in [3.8, 4) is 0 Å². The first-order valence-electron chi connectivity index (χ1n) is 5.39. The summed E-state index contributed by atoms with van der Waals surface area (Å²) >= 11 is 1.57. The summed E-state index contributed by atoms with van der Waals surface area (Å²) in [5.74, 6) is 0.0447. The summed E-state index contributed by atoms with van der Waals surface area (Å²) in [6.07, 6.45) is 3.85. The van der Waals surface area contributed by atoms with Gasteiger partial charge in [0.25, 0.3) is 0 Å². The van der Waals surface area contributed by atoms with Gasteiger partial charge in [0.1, 0.15) is 0 Å². The van der Waals surface area contributed by atoms with Crippen LogP contribution in [0, 0.1) is 0 Å². The van der Waals surface area contributed by atoms with E-state index in [4.69, 9.17) is 5.73 Å². The minimum atomic E-state index is 0.0447. The van der Waals surface area contributed by atoms with Crippen LogP contribution < -0.4 is 10.6 Å². The van der Waals surface area contributed by atoms with Crippen molar-refractivity contribution in [2.75, 3.05) is 24.5 Å². The van der Waals surface area contributed by atoms with E-state index in [1.807, 2.05) is 12.1 Å². The maximum atomic E-state index is 11.4. The molecule has 0 atom stereocenters. The summed E-state index contributed by atoms with van der Waals surface area (Å²) in [7, 11) is 0. The lowest BCUT2D eigenvalue weighted by Crippen LogP contribution is -2.28. The first-order chi connectivity index (χ1) is 7.31. The summed E-state index contributed by atoms with van der Waals surface area (Å²) in [5, 5.41) is 1.21. The van der Waals surface area contributed by atoms with E-state index in [1.165, 1.54) is 24.3 Å². The minimum Gasteiger partial charge on any atom is -0.363 e. The smallest absolute Gasteiger partial charge is 0.186 e. The Hall–Kier alpha value is -0.870. The molecule has 1 fully saturated rings. The third kappa shape index (κ3) is 2.38. The second-order valence-corrected chi connectivity index (χ2v) is 4.88. The maximum Gasteiger partial charge on any atom is 0.186 e. The van der Waals surface area contributed by atoms with Crippen molar-refractivity contribution >= 4 is 22.1 Å². The third-order valence-corrected chi connectivity index (χ3v) is 3.91. The number of Topliss-reactive ketones (excluding diaryl/α,β-unsaturated/α-hetero) is 1. The minimum absolute atomic E-state index is 0.0447. The van der Waals surface area contributed by atoms with Crippen LogP contribution in [0.15, 0.2) is 12.1 Å². The van der Waals surface area contributed by atoms with Crippen molar-refractivity contribution in [3.05, 3.63) is 17.0 Å². The summed E-state index contributed by atoms with van der Waals surface area (Å²) in [5.41, 5.74) is 5.34. The van der Waals surface area contributed by atoms with Crippen molar-refractivity contribution in [1.29, 1.82) is 0 Å². The molecule has 1 aromatic heterocycles. The SMILES string of the molecule is NCC(=O)c1ccc(N2CCCCC2)s1. The average Bonchev–Trinajstić information content (AvgIpc) is 2.78. The van der Waals surface area contributed by atoms with Gasteiger partial charge in [-0.1, -0.05) is 0 Å². The number of ketones is 1. The molecule has 4 heteroatoms. The predicted octanol–water partition coefficient (Wildman–Crippen LogP) is 1.88. The van der Waals surface area contributed by atoms with Crippen molar-refractivity contribution in [2.24, 2.45) is 5.73 Å². The Morgan fingerprint density at radius 1 is 1.33 bits per heavy atom. The molecule has 0 amide bonds. The molecule has 0 bridgehead atoms. The van der Waals surface area contributed by atoms with E-state index in [0.717, 1.165) is 18.0 Å². The van der Waals surface area contributed by atoms with E-state index < -0.39 is 0 Å². The molecule has 1 aliphatic rings. The molecule has 1 saturated heterocycles. The Balaban J connectivity index is 2.08. The van der Waals surface area contributed by atoms with Gasteiger partial charge >= 0.3 is 0 Å². The topological polar surface area (TPSA) is 46.3 Å². The van der Waals surface area contributed by atoms with Crippen LogP contribution in [0.4, 0.5) is 5.00 Å². The van der Waals surface area contributed by atoms with Gasteiger partial charge in [-0.25, -0.2) is 0 Å². The van der Waals surface area contributed by atoms with Gasteiger partial charge in [0.05, 0.1) is 16.4 Å². The standard InChI is InChI=1S/C11H16N2OS/c12-8-9(14)10-4-5-11(15-10)13-6-2-1-3-7-13/h4-5H,1-3,6-8,12H2. The molecule has 15 heavy (non-hydrogen) atoms. The largest absolute Gasteiger partial charge is 0.363 e. The van der Waals surface area contributed by atoms with Gasteiger partial charge in [-0.3, -0.25) is 4.79 Å². The second kappa shape index (κ2) is 4.77. The Morgan fingerprint density at radius 2 is 2.07 bits per heavy atom. The summed E-state index contributed by atoms with van der Waals surface area (Å²) in [6.45, 7) is 2.35. The molecule has 0 saturated carbocycles. The molecule has 0 spiro atoms. The van der Waals surface area contributed by atoms with E-state index in [0.29, 0.717) is 0 Å².